The monoisotopic (exact) mass is 509 g/mol. The van der Waals surface area contributed by atoms with Gasteiger partial charge in [-0.2, -0.15) is 5.10 Å². The van der Waals surface area contributed by atoms with Crippen molar-refractivity contribution in [1.29, 1.82) is 0 Å². The van der Waals surface area contributed by atoms with Crippen LogP contribution in [0.4, 0.5) is 14.5 Å². The van der Waals surface area contributed by atoms with Crippen LogP contribution in [0.15, 0.2) is 36.4 Å². The Bertz CT molecular complexity index is 1290. The van der Waals surface area contributed by atoms with Gasteiger partial charge in [0.25, 0.3) is 0 Å². The predicted molar refractivity (Wildman–Crippen MR) is 128 cm³/mol. The summed E-state index contributed by atoms with van der Waals surface area (Å²) in [5, 5.41) is 28.1. The highest BCUT2D eigenvalue weighted by Crippen LogP contribution is 2.28. The van der Waals surface area contributed by atoms with E-state index < -0.39 is 33.3 Å². The van der Waals surface area contributed by atoms with E-state index in [-0.39, 0.29) is 29.4 Å². The van der Waals surface area contributed by atoms with Crippen LogP contribution < -0.4 is 10.0 Å². The van der Waals surface area contributed by atoms with Crippen molar-refractivity contribution in [2.24, 2.45) is 0 Å². The summed E-state index contributed by atoms with van der Waals surface area (Å²) in [6, 6.07) is 7.34. The van der Waals surface area contributed by atoms with Crippen molar-refractivity contribution in [3.63, 3.8) is 0 Å². The van der Waals surface area contributed by atoms with E-state index >= 15 is 0 Å². The molecule has 1 aromatic heterocycles. The number of nitrogens with one attached hydrogen (secondary N) is 2. The van der Waals surface area contributed by atoms with Crippen molar-refractivity contribution in [3.05, 3.63) is 59.4 Å². The van der Waals surface area contributed by atoms with Crippen molar-refractivity contribution in [2.75, 3.05) is 17.5 Å². The summed E-state index contributed by atoms with van der Waals surface area (Å²) in [5.74, 6) is -0.830. The Morgan fingerprint density at radius 3 is 2.43 bits per heavy atom. The van der Waals surface area contributed by atoms with Crippen molar-refractivity contribution in [2.45, 2.75) is 45.4 Å². The first-order chi connectivity index (χ1) is 16.2. The van der Waals surface area contributed by atoms with Crippen LogP contribution in [0.2, 0.25) is 0 Å². The van der Waals surface area contributed by atoms with Crippen molar-refractivity contribution in [1.82, 2.24) is 20.1 Å². The van der Waals surface area contributed by atoms with Crippen LogP contribution in [0.25, 0.3) is 11.4 Å². The van der Waals surface area contributed by atoms with Crippen LogP contribution in [0.3, 0.4) is 0 Å². The molecule has 0 fully saturated rings. The molecule has 1 heterocycles. The first-order valence-corrected chi connectivity index (χ1v) is 12.7. The molecule has 0 aliphatic heterocycles. The Kier molecular flexibility index (Phi) is 7.77. The first-order valence-electron chi connectivity index (χ1n) is 10.8. The average Bonchev–Trinajstić information content (AvgIpc) is 3.11. The van der Waals surface area contributed by atoms with Gasteiger partial charge in [-0.05, 0) is 57.0 Å². The second kappa shape index (κ2) is 10.3. The lowest BCUT2D eigenvalue weighted by molar-refractivity contribution is 0.158. The number of phenols is 1. The minimum absolute atomic E-state index is 0.0149. The highest BCUT2D eigenvalue weighted by Gasteiger charge is 2.21. The number of aryl methyl sites for hydroxylation is 2. The van der Waals surface area contributed by atoms with Crippen LogP contribution >= 0.6 is 0 Å². The minimum atomic E-state index is -3.59. The van der Waals surface area contributed by atoms with Crippen LogP contribution in [-0.4, -0.2) is 51.7 Å². The molecule has 35 heavy (non-hydrogen) atoms. The highest BCUT2D eigenvalue weighted by atomic mass is 32.2. The van der Waals surface area contributed by atoms with E-state index in [1.807, 2.05) is 13.8 Å². The summed E-state index contributed by atoms with van der Waals surface area (Å²) in [7, 11) is -3.59. The maximum atomic E-state index is 13.5. The van der Waals surface area contributed by atoms with Crippen molar-refractivity contribution in [3.8, 4) is 17.1 Å². The van der Waals surface area contributed by atoms with Gasteiger partial charge in [-0.25, -0.2) is 26.9 Å². The summed E-state index contributed by atoms with van der Waals surface area (Å²) >= 11 is 0. The fourth-order valence-corrected chi connectivity index (χ4v) is 4.01. The zero-order valence-electron chi connectivity index (χ0n) is 19.9. The number of benzene rings is 2. The maximum absolute atomic E-state index is 13.5. The number of β-amino-alcohol motifs (C(OH)–C–C–N with tert-alkyl or cyclic N) is 1. The average molecular weight is 510 g/mol. The van der Waals surface area contributed by atoms with Crippen LogP contribution in [0.5, 0.6) is 5.75 Å². The van der Waals surface area contributed by atoms with Gasteiger partial charge in [0, 0.05) is 30.3 Å². The summed E-state index contributed by atoms with van der Waals surface area (Å²) in [5.41, 5.74) is 0.230. The second-order valence-electron chi connectivity index (χ2n) is 9.05. The number of hydrogen-bond donors (Lipinski definition) is 4. The van der Waals surface area contributed by atoms with Gasteiger partial charge < -0.3 is 15.5 Å². The number of aromatic nitrogens is 3. The number of nitrogens with zero attached hydrogens (tertiary/aromatic N) is 3. The summed E-state index contributed by atoms with van der Waals surface area (Å²) < 4.78 is 53.9. The Balaban J connectivity index is 1.62. The zero-order chi connectivity index (χ0) is 26.0. The molecule has 3 rings (SSSR count). The van der Waals surface area contributed by atoms with E-state index in [1.54, 1.807) is 11.6 Å². The third kappa shape index (κ3) is 7.44. The fourth-order valence-electron chi connectivity index (χ4n) is 3.44. The Morgan fingerprint density at radius 2 is 1.80 bits per heavy atom. The van der Waals surface area contributed by atoms with Crippen LogP contribution in [-0.2, 0) is 16.6 Å². The number of rotatable bonds is 10. The lowest BCUT2D eigenvalue weighted by Gasteiger charge is -2.28. The number of anilines is 1. The highest BCUT2D eigenvalue weighted by molar-refractivity contribution is 7.92. The minimum Gasteiger partial charge on any atom is -0.506 e. The van der Waals surface area contributed by atoms with Crippen LogP contribution in [0, 0.1) is 18.6 Å². The zero-order valence-corrected chi connectivity index (χ0v) is 20.7. The molecule has 3 aromatic rings. The molecule has 1 unspecified atom stereocenters. The van der Waals surface area contributed by atoms with Gasteiger partial charge in [0.1, 0.15) is 23.2 Å². The molecule has 0 saturated heterocycles. The number of phenolic OH excluding ortho intramolecular Hbond substituents is 1. The summed E-state index contributed by atoms with van der Waals surface area (Å²) in [4.78, 5) is 4.31. The fraction of sp³-hybridized carbons (Fsp3) is 0.391. The van der Waals surface area contributed by atoms with E-state index in [0.717, 1.165) is 12.3 Å². The third-order valence-electron chi connectivity index (χ3n) is 5.40. The van der Waals surface area contributed by atoms with E-state index in [4.69, 9.17) is 0 Å². The number of sulfonamides is 1. The van der Waals surface area contributed by atoms with Crippen molar-refractivity contribution >= 4 is 15.7 Å². The number of aliphatic hydroxyl groups is 1. The van der Waals surface area contributed by atoms with Gasteiger partial charge in [-0.3, -0.25) is 4.72 Å². The largest absolute Gasteiger partial charge is 0.506 e. The molecule has 4 N–H and O–H groups in total. The number of aliphatic hydroxyl groups excluding tert-OH is 1. The van der Waals surface area contributed by atoms with E-state index in [0.29, 0.717) is 24.4 Å². The van der Waals surface area contributed by atoms with Gasteiger partial charge in [-0.1, -0.05) is 6.07 Å². The molecule has 2 aromatic carbocycles. The maximum Gasteiger partial charge on any atom is 0.229 e. The SMILES string of the molecule is Cc1nc(-c2cc(F)cc(F)c2)nn1CCC(C)(C)NCC(O)c1ccc(O)c(NS(C)(=O)=O)c1. The molecule has 9 nitrogen and oxygen atoms in total. The number of hydrogen-bond acceptors (Lipinski definition) is 7. The Morgan fingerprint density at radius 1 is 1.14 bits per heavy atom. The topological polar surface area (TPSA) is 129 Å². The van der Waals surface area contributed by atoms with Crippen molar-refractivity contribution < 1.29 is 27.4 Å². The Labute approximate surface area is 202 Å². The van der Waals surface area contributed by atoms with E-state index in [2.05, 4.69) is 20.1 Å². The van der Waals surface area contributed by atoms with Gasteiger partial charge in [0.2, 0.25) is 10.0 Å². The van der Waals surface area contributed by atoms with E-state index in [9.17, 15) is 27.4 Å². The molecule has 0 aliphatic rings. The molecule has 0 aliphatic carbocycles. The van der Waals surface area contributed by atoms with E-state index in [1.165, 1.54) is 30.3 Å². The second-order valence-corrected chi connectivity index (χ2v) is 10.8. The van der Waals surface area contributed by atoms with Gasteiger partial charge in [-0.15, -0.1) is 0 Å². The standard InChI is InChI=1S/C23H29F2N5O4S/c1-14-27-22(16-9-17(24)12-18(25)10-16)28-30(14)8-7-23(2,3)26-13-21(32)15-5-6-20(31)19(11-15)29-35(4,33)34/h5-6,9-12,21,26,29,31-32H,7-8,13H2,1-4H3. The molecule has 12 heteroatoms. The van der Waals surface area contributed by atoms with Gasteiger partial charge in [0.05, 0.1) is 18.0 Å². The van der Waals surface area contributed by atoms with Gasteiger partial charge in [0.15, 0.2) is 5.82 Å². The molecule has 0 spiro atoms. The quantitative estimate of drug-likeness (QED) is 0.309. The summed E-state index contributed by atoms with van der Waals surface area (Å²) in [6.07, 6.45) is 0.602. The first kappa shape index (κ1) is 26.5. The van der Waals surface area contributed by atoms with Gasteiger partial charge >= 0.3 is 0 Å². The number of aromatic hydroxyl groups is 1. The Hall–Kier alpha value is -3.09. The lowest BCUT2D eigenvalue weighted by Crippen LogP contribution is -2.42. The third-order valence-corrected chi connectivity index (χ3v) is 5.99. The molecule has 0 radical (unpaired) electrons. The molecule has 1 atom stereocenters. The molecule has 190 valence electrons. The molecular formula is C23H29F2N5O4S. The molecular weight excluding hydrogens is 480 g/mol. The number of halogens is 2. The van der Waals surface area contributed by atoms with Crippen LogP contribution in [0.1, 0.15) is 37.8 Å². The molecule has 0 saturated carbocycles. The normalized spacial score (nSPS) is 13.1. The smallest absolute Gasteiger partial charge is 0.229 e. The predicted octanol–water partition coefficient (Wildman–Crippen LogP) is 3.10. The molecule has 0 amide bonds. The summed E-state index contributed by atoms with van der Waals surface area (Å²) in [6.45, 7) is 6.28. The lowest BCUT2D eigenvalue weighted by atomic mass is 9.99. The molecule has 0 bridgehead atoms.